The van der Waals surface area contributed by atoms with Crippen molar-refractivity contribution >= 4 is 57.0 Å². The maximum absolute atomic E-state index is 13.2. The third kappa shape index (κ3) is 8.19. The van der Waals surface area contributed by atoms with Gasteiger partial charge in [-0.05, 0) is 24.1 Å². The number of ether oxygens (including phenoxy) is 2. The minimum absolute atomic E-state index is 0.0647. The Labute approximate surface area is 217 Å². The highest BCUT2D eigenvalue weighted by Gasteiger charge is 2.29. The van der Waals surface area contributed by atoms with Crippen LogP contribution in [0, 0.1) is 0 Å². The van der Waals surface area contributed by atoms with Gasteiger partial charge >= 0.3 is 11.9 Å². The van der Waals surface area contributed by atoms with Crippen LogP contribution in [0.25, 0.3) is 0 Å². The third-order valence-corrected chi connectivity index (χ3v) is 6.96. The van der Waals surface area contributed by atoms with Crippen molar-refractivity contribution in [1.82, 2.24) is 15.4 Å². The van der Waals surface area contributed by atoms with Gasteiger partial charge in [-0.2, -0.15) is 4.72 Å². The fourth-order valence-corrected chi connectivity index (χ4v) is 4.93. The molecule has 2 aromatic carbocycles. The highest BCUT2D eigenvalue weighted by Crippen LogP contribution is 2.29. The predicted molar refractivity (Wildman–Crippen MR) is 130 cm³/mol. The fourth-order valence-electron chi connectivity index (χ4n) is 2.87. The maximum atomic E-state index is 13.2. The zero-order chi connectivity index (χ0) is 26.9. The molecule has 2 aromatic rings. The zero-order valence-electron chi connectivity index (χ0n) is 19.2. The predicted octanol–water partition coefficient (Wildman–Crippen LogP) is 1.08. The molecule has 36 heavy (non-hydrogen) atoms. The number of sulfonamides is 1. The van der Waals surface area contributed by atoms with Crippen molar-refractivity contribution < 1.29 is 37.1 Å². The van der Waals surface area contributed by atoms with Gasteiger partial charge in [0.05, 0.1) is 29.8 Å². The Hall–Kier alpha value is -3.19. The number of esters is 2. The summed E-state index contributed by atoms with van der Waals surface area (Å²) in [6.07, 6.45) is -0.0647. The molecule has 14 heteroatoms. The Morgan fingerprint density at radius 1 is 0.889 bits per heavy atom. The number of hydrogen-bond acceptors (Lipinski definition) is 8. The van der Waals surface area contributed by atoms with Crippen LogP contribution in [0.5, 0.6) is 0 Å². The number of halogens is 2. The standard InChI is InChI=1S/C22H23Cl2N3O8S/c1-34-19(28)11-25-21(30)14-9-18(16(24)10-15(14)23)36(32,33)27-17(8-13-6-4-3-5-7-13)22(31)26-12-20(29)35-2/h3-7,9-10,17,27H,8,11-12H2,1-2H3,(H,25,30)(H,26,31)/t17-/m0/s1. The molecule has 2 rings (SSSR count). The van der Waals surface area contributed by atoms with E-state index in [4.69, 9.17) is 23.2 Å². The van der Waals surface area contributed by atoms with Gasteiger partial charge in [-0.3, -0.25) is 19.2 Å². The summed E-state index contributed by atoms with van der Waals surface area (Å²) in [5, 5.41) is 4.08. The molecule has 0 saturated heterocycles. The van der Waals surface area contributed by atoms with E-state index < -0.39 is 57.8 Å². The topological polar surface area (TPSA) is 157 Å². The number of methoxy groups -OCH3 is 2. The van der Waals surface area contributed by atoms with E-state index in [1.165, 1.54) is 0 Å². The second-order valence-corrected chi connectivity index (χ2v) is 9.68. The van der Waals surface area contributed by atoms with Gasteiger partial charge in [-0.25, -0.2) is 8.42 Å². The van der Waals surface area contributed by atoms with Crippen molar-refractivity contribution in [2.24, 2.45) is 0 Å². The Morgan fingerprint density at radius 2 is 1.47 bits per heavy atom. The molecule has 0 aromatic heterocycles. The van der Waals surface area contributed by atoms with E-state index in [-0.39, 0.29) is 22.0 Å². The SMILES string of the molecule is COC(=O)CNC(=O)c1cc(S(=O)(=O)N[C@@H](Cc2ccccc2)C(=O)NCC(=O)OC)c(Cl)cc1Cl. The Balaban J connectivity index is 2.36. The molecule has 0 aliphatic carbocycles. The van der Waals surface area contributed by atoms with Crippen molar-refractivity contribution in [2.45, 2.75) is 17.4 Å². The molecule has 1 atom stereocenters. The molecule has 3 N–H and O–H groups in total. The van der Waals surface area contributed by atoms with Gasteiger partial charge in [0, 0.05) is 0 Å². The van der Waals surface area contributed by atoms with E-state index in [0.717, 1.165) is 26.4 Å². The Bertz CT molecular complexity index is 1240. The average molecular weight is 560 g/mol. The zero-order valence-corrected chi connectivity index (χ0v) is 21.5. The summed E-state index contributed by atoms with van der Waals surface area (Å²) in [6, 6.07) is 9.16. The summed E-state index contributed by atoms with van der Waals surface area (Å²) in [6.45, 7) is -0.956. The smallest absolute Gasteiger partial charge is 0.325 e. The molecule has 0 saturated carbocycles. The van der Waals surface area contributed by atoms with E-state index >= 15 is 0 Å². The van der Waals surface area contributed by atoms with Crippen LogP contribution in [-0.4, -0.2) is 65.5 Å². The number of hydrogen-bond donors (Lipinski definition) is 3. The highest BCUT2D eigenvalue weighted by atomic mass is 35.5. The fraction of sp³-hybridized carbons (Fsp3) is 0.273. The van der Waals surface area contributed by atoms with Gasteiger partial charge in [-0.15, -0.1) is 0 Å². The van der Waals surface area contributed by atoms with Gasteiger partial charge in [0.1, 0.15) is 24.0 Å². The average Bonchev–Trinajstić information content (AvgIpc) is 2.85. The quantitative estimate of drug-likeness (QED) is 0.345. The second-order valence-electron chi connectivity index (χ2n) is 7.18. The summed E-state index contributed by atoms with van der Waals surface area (Å²) in [4.78, 5) is 47.4. The molecule has 0 bridgehead atoms. The summed E-state index contributed by atoms with van der Waals surface area (Å²) in [5.74, 6) is -3.11. The monoisotopic (exact) mass is 559 g/mol. The Kier molecular flexibility index (Phi) is 10.7. The lowest BCUT2D eigenvalue weighted by Crippen LogP contribution is -2.49. The van der Waals surface area contributed by atoms with Crippen LogP contribution < -0.4 is 15.4 Å². The van der Waals surface area contributed by atoms with Gasteiger partial charge < -0.3 is 20.1 Å². The molecule has 0 radical (unpaired) electrons. The third-order valence-electron chi connectivity index (χ3n) is 4.71. The minimum Gasteiger partial charge on any atom is -0.468 e. The first-order valence-corrected chi connectivity index (χ1v) is 12.5. The number of rotatable bonds is 11. The van der Waals surface area contributed by atoms with E-state index in [9.17, 15) is 27.6 Å². The lowest BCUT2D eigenvalue weighted by atomic mass is 10.1. The van der Waals surface area contributed by atoms with Crippen LogP contribution in [0.3, 0.4) is 0 Å². The lowest BCUT2D eigenvalue weighted by Gasteiger charge is -2.19. The Morgan fingerprint density at radius 3 is 2.06 bits per heavy atom. The largest absolute Gasteiger partial charge is 0.468 e. The molecule has 0 spiro atoms. The molecule has 0 aliphatic heterocycles. The molecule has 0 heterocycles. The van der Waals surface area contributed by atoms with Gasteiger partial charge in [0.15, 0.2) is 0 Å². The van der Waals surface area contributed by atoms with Crippen LogP contribution in [0.4, 0.5) is 0 Å². The number of benzene rings is 2. The molecular weight excluding hydrogens is 537 g/mol. The number of carbonyl (C=O) groups is 4. The number of carbonyl (C=O) groups excluding carboxylic acids is 4. The molecule has 0 unspecified atom stereocenters. The van der Waals surface area contributed by atoms with Gasteiger partial charge in [0.25, 0.3) is 5.91 Å². The normalized spacial score (nSPS) is 11.8. The van der Waals surface area contributed by atoms with Crippen LogP contribution >= 0.6 is 23.2 Å². The summed E-state index contributed by atoms with van der Waals surface area (Å²) >= 11 is 12.2. The highest BCUT2D eigenvalue weighted by molar-refractivity contribution is 7.89. The first kappa shape index (κ1) is 29.0. The summed E-state index contributed by atoms with van der Waals surface area (Å²) < 4.78 is 37.7. The first-order chi connectivity index (χ1) is 17.0. The summed E-state index contributed by atoms with van der Waals surface area (Å²) in [7, 11) is -2.23. The minimum atomic E-state index is -4.50. The molecular formula is C22H23Cl2N3O8S. The lowest BCUT2D eigenvalue weighted by molar-refractivity contribution is -0.141. The second kappa shape index (κ2) is 13.2. The van der Waals surface area contributed by atoms with Crippen molar-refractivity contribution in [3.05, 3.63) is 63.6 Å². The number of amides is 2. The van der Waals surface area contributed by atoms with Crippen molar-refractivity contribution in [3.63, 3.8) is 0 Å². The van der Waals surface area contributed by atoms with Crippen molar-refractivity contribution in [3.8, 4) is 0 Å². The van der Waals surface area contributed by atoms with Gasteiger partial charge in [-0.1, -0.05) is 53.5 Å². The van der Waals surface area contributed by atoms with Crippen LogP contribution in [-0.2, 0) is 40.3 Å². The maximum Gasteiger partial charge on any atom is 0.325 e. The van der Waals surface area contributed by atoms with E-state index in [1.54, 1.807) is 30.3 Å². The van der Waals surface area contributed by atoms with Crippen LogP contribution in [0.1, 0.15) is 15.9 Å². The molecule has 0 fully saturated rings. The van der Waals surface area contributed by atoms with Crippen molar-refractivity contribution in [1.29, 1.82) is 0 Å². The van der Waals surface area contributed by atoms with E-state index in [2.05, 4.69) is 24.8 Å². The van der Waals surface area contributed by atoms with Crippen LogP contribution in [0.2, 0.25) is 10.0 Å². The molecule has 11 nitrogen and oxygen atoms in total. The first-order valence-electron chi connectivity index (χ1n) is 10.2. The molecule has 2 amide bonds. The summed E-state index contributed by atoms with van der Waals surface area (Å²) in [5.41, 5.74) is 0.351. The number of nitrogens with one attached hydrogen (secondary N) is 3. The van der Waals surface area contributed by atoms with Crippen molar-refractivity contribution in [2.75, 3.05) is 27.3 Å². The molecule has 0 aliphatic rings. The van der Waals surface area contributed by atoms with Gasteiger partial charge in [0.2, 0.25) is 15.9 Å². The van der Waals surface area contributed by atoms with E-state index in [1.807, 2.05) is 0 Å². The van der Waals surface area contributed by atoms with Crippen LogP contribution in [0.15, 0.2) is 47.4 Å². The van der Waals surface area contributed by atoms with E-state index in [0.29, 0.717) is 5.56 Å². The molecule has 194 valence electrons.